The molecule has 33 heavy (non-hydrogen) atoms. The van der Waals surface area contributed by atoms with E-state index in [4.69, 9.17) is 16.0 Å². The van der Waals surface area contributed by atoms with Crippen LogP contribution in [0.25, 0.3) is 43.7 Å². The van der Waals surface area contributed by atoms with Crippen molar-refractivity contribution in [3.05, 3.63) is 104 Å². The molecule has 2 N–H and O–H groups in total. The average Bonchev–Trinajstić information content (AvgIpc) is 2.82. The first-order valence-electron chi connectivity index (χ1n) is 10.5. The van der Waals surface area contributed by atoms with Gasteiger partial charge in [0.15, 0.2) is 22.0 Å². The molecule has 0 amide bonds. The molecule has 0 saturated carbocycles. The van der Waals surface area contributed by atoms with Gasteiger partial charge in [-0.25, -0.2) is 0 Å². The molecule has 0 bridgehead atoms. The second kappa shape index (κ2) is 7.22. The number of aromatic nitrogens is 1. The molecule has 5 aromatic carbocycles. The molecule has 160 valence electrons. The van der Waals surface area contributed by atoms with Crippen molar-refractivity contribution in [3.8, 4) is 0 Å². The van der Waals surface area contributed by atoms with Crippen LogP contribution < -0.4 is 16.2 Å². The van der Waals surface area contributed by atoms with Gasteiger partial charge in [-0.1, -0.05) is 53.6 Å². The maximum absolute atomic E-state index is 13.7. The summed E-state index contributed by atoms with van der Waals surface area (Å²) in [5.74, 6) is 0. The van der Waals surface area contributed by atoms with Gasteiger partial charge in [0.25, 0.3) is 0 Å². The number of H-pyrrole nitrogens is 1. The summed E-state index contributed by atoms with van der Waals surface area (Å²) in [7, 11) is 0. The summed E-state index contributed by atoms with van der Waals surface area (Å²) in [4.78, 5) is 30.6. The van der Waals surface area contributed by atoms with Gasteiger partial charge >= 0.3 is 0 Å². The van der Waals surface area contributed by atoms with Crippen molar-refractivity contribution in [2.75, 3.05) is 5.32 Å². The summed E-state index contributed by atoms with van der Waals surface area (Å²) < 4.78 is 6.14. The summed E-state index contributed by atoms with van der Waals surface area (Å²) >= 11 is 6.17. The highest BCUT2D eigenvalue weighted by Crippen LogP contribution is 2.33. The van der Waals surface area contributed by atoms with E-state index in [1.165, 1.54) is 0 Å². The van der Waals surface area contributed by atoms with Crippen molar-refractivity contribution in [1.29, 1.82) is 0 Å². The first-order chi connectivity index (χ1) is 16.0. The first kappa shape index (κ1) is 19.6. The third-order valence-corrected chi connectivity index (χ3v) is 6.15. The van der Waals surface area contributed by atoms with Gasteiger partial charge in [0.05, 0.1) is 27.5 Å². The molecule has 0 fully saturated rings. The van der Waals surface area contributed by atoms with Crippen LogP contribution in [0.2, 0.25) is 5.02 Å². The topological polar surface area (TPSA) is 75.1 Å². The standard InChI is InChI=1S/C27H17ClN2O3/c1-14-6-9-16(10-7-14)29-20-13-22-25(30-19-12-15(28)8-11-21(19)33-22)24-23(20)26(31)17-4-2-3-5-18(17)27(24)32/h2-13,29-30H,1H3. The predicted octanol–water partition coefficient (Wildman–Crippen LogP) is 6.65. The first-order valence-corrected chi connectivity index (χ1v) is 10.8. The molecule has 0 aliphatic heterocycles. The number of rotatable bonds is 2. The number of aromatic amines is 1. The van der Waals surface area contributed by atoms with E-state index in [0.29, 0.717) is 49.1 Å². The minimum absolute atomic E-state index is 0.212. The fourth-order valence-corrected chi connectivity index (χ4v) is 4.48. The summed E-state index contributed by atoms with van der Waals surface area (Å²) in [6.07, 6.45) is 0. The third-order valence-electron chi connectivity index (χ3n) is 5.91. The van der Waals surface area contributed by atoms with Gasteiger partial charge in [-0.3, -0.25) is 9.59 Å². The van der Waals surface area contributed by atoms with Crippen molar-refractivity contribution in [3.63, 3.8) is 0 Å². The lowest BCUT2D eigenvalue weighted by Crippen LogP contribution is -2.15. The van der Waals surface area contributed by atoms with E-state index in [-0.39, 0.29) is 16.2 Å². The number of hydrogen-bond acceptors (Lipinski definition) is 4. The normalized spacial score (nSPS) is 11.6. The molecule has 6 rings (SSSR count). The summed E-state index contributed by atoms with van der Waals surface area (Å²) in [6, 6.07) is 21.7. The Hall–Kier alpha value is -4.09. The average molecular weight is 453 g/mol. The third kappa shape index (κ3) is 3.09. The summed E-state index contributed by atoms with van der Waals surface area (Å²) in [5.41, 5.74) is 4.13. The van der Waals surface area contributed by atoms with E-state index in [2.05, 4.69) is 10.3 Å². The Labute approximate surface area is 192 Å². The largest absolute Gasteiger partial charge is 0.453 e. The number of halogens is 1. The monoisotopic (exact) mass is 452 g/mol. The number of fused-ring (bicyclic) bond motifs is 5. The van der Waals surface area contributed by atoms with E-state index >= 15 is 0 Å². The Kier molecular flexibility index (Phi) is 4.28. The second-order valence-electron chi connectivity index (χ2n) is 8.11. The van der Waals surface area contributed by atoms with Crippen LogP contribution in [0.5, 0.6) is 0 Å². The Morgan fingerprint density at radius 1 is 0.818 bits per heavy atom. The quantitative estimate of drug-likeness (QED) is 0.228. The number of hydrogen-bond donors (Lipinski definition) is 2. The molecular weight excluding hydrogens is 436 g/mol. The molecule has 6 aromatic rings. The van der Waals surface area contributed by atoms with Crippen LogP contribution >= 0.6 is 11.6 Å². The van der Waals surface area contributed by atoms with Crippen LogP contribution in [-0.4, -0.2) is 4.98 Å². The molecule has 6 heteroatoms. The van der Waals surface area contributed by atoms with E-state index in [1.807, 2.05) is 31.2 Å². The maximum Gasteiger partial charge on any atom is 0.196 e. The number of nitrogens with one attached hydrogen (secondary N) is 2. The second-order valence-corrected chi connectivity index (χ2v) is 8.55. The lowest BCUT2D eigenvalue weighted by Gasteiger charge is -2.13. The van der Waals surface area contributed by atoms with Crippen LogP contribution in [0.15, 0.2) is 86.8 Å². The molecule has 0 saturated heterocycles. The van der Waals surface area contributed by atoms with Gasteiger partial charge < -0.3 is 14.7 Å². The fraction of sp³-hybridized carbons (Fsp3) is 0.0370. The Morgan fingerprint density at radius 3 is 2.24 bits per heavy atom. The minimum atomic E-state index is -0.231. The van der Waals surface area contributed by atoms with Crippen LogP contribution in [0.4, 0.5) is 11.4 Å². The van der Waals surface area contributed by atoms with Crippen molar-refractivity contribution in [1.82, 2.24) is 4.98 Å². The molecule has 5 nitrogen and oxygen atoms in total. The Morgan fingerprint density at radius 2 is 1.52 bits per heavy atom. The van der Waals surface area contributed by atoms with Gasteiger partial charge in [0.2, 0.25) is 0 Å². The van der Waals surface area contributed by atoms with Crippen molar-refractivity contribution < 1.29 is 4.42 Å². The molecule has 0 spiro atoms. The highest BCUT2D eigenvalue weighted by molar-refractivity contribution is 6.31. The smallest absolute Gasteiger partial charge is 0.196 e. The summed E-state index contributed by atoms with van der Waals surface area (Å²) in [6.45, 7) is 2.01. The molecule has 0 aliphatic rings. The number of anilines is 2. The lowest BCUT2D eigenvalue weighted by atomic mass is 9.99. The minimum Gasteiger partial charge on any atom is -0.453 e. The zero-order valence-corrected chi connectivity index (χ0v) is 18.3. The SMILES string of the molecule is Cc1ccc(Nc2cc3oc4ccc(Cl)cc4[nH]c3c3c(=O)c4ccccc4c(=O)c23)cc1. The van der Waals surface area contributed by atoms with Gasteiger partial charge in [-0.05, 0) is 37.3 Å². The molecule has 1 aromatic heterocycles. The molecular formula is C27H17ClN2O3. The van der Waals surface area contributed by atoms with Crippen LogP contribution in [0, 0.1) is 6.92 Å². The molecule has 1 heterocycles. The van der Waals surface area contributed by atoms with E-state index in [9.17, 15) is 9.59 Å². The number of benzene rings is 5. The zero-order chi connectivity index (χ0) is 22.7. The molecule has 0 unspecified atom stereocenters. The van der Waals surface area contributed by atoms with Crippen LogP contribution in [-0.2, 0) is 0 Å². The van der Waals surface area contributed by atoms with E-state index < -0.39 is 0 Å². The molecule has 0 atom stereocenters. The van der Waals surface area contributed by atoms with Crippen LogP contribution in [0.3, 0.4) is 0 Å². The van der Waals surface area contributed by atoms with Gasteiger partial charge in [-0.15, -0.1) is 0 Å². The Balaban J connectivity index is 1.80. The van der Waals surface area contributed by atoms with Crippen molar-refractivity contribution in [2.24, 2.45) is 0 Å². The van der Waals surface area contributed by atoms with Gasteiger partial charge in [0.1, 0.15) is 0 Å². The van der Waals surface area contributed by atoms with Gasteiger partial charge in [0, 0.05) is 27.5 Å². The van der Waals surface area contributed by atoms with Gasteiger partial charge in [-0.2, -0.15) is 0 Å². The molecule has 0 radical (unpaired) electrons. The Bertz CT molecular complexity index is 1850. The highest BCUT2D eigenvalue weighted by atomic mass is 35.5. The fourth-order valence-electron chi connectivity index (χ4n) is 4.31. The van der Waals surface area contributed by atoms with E-state index in [1.54, 1.807) is 48.5 Å². The lowest BCUT2D eigenvalue weighted by molar-refractivity contribution is 0.657. The van der Waals surface area contributed by atoms with E-state index in [0.717, 1.165) is 11.3 Å². The molecule has 0 aliphatic carbocycles. The summed E-state index contributed by atoms with van der Waals surface area (Å²) in [5, 5.41) is 5.23. The van der Waals surface area contributed by atoms with Crippen LogP contribution in [0.1, 0.15) is 5.56 Å². The number of aryl methyl sites for hydroxylation is 1. The highest BCUT2D eigenvalue weighted by Gasteiger charge is 2.19. The maximum atomic E-state index is 13.7. The van der Waals surface area contributed by atoms with Crippen molar-refractivity contribution >= 4 is 66.7 Å². The zero-order valence-electron chi connectivity index (χ0n) is 17.5. The van der Waals surface area contributed by atoms with Crippen molar-refractivity contribution in [2.45, 2.75) is 6.92 Å². The predicted molar refractivity (Wildman–Crippen MR) is 135 cm³/mol.